The number of rotatable bonds is 5. The van der Waals surface area contributed by atoms with Crippen molar-refractivity contribution in [2.45, 2.75) is 22.1 Å². The third-order valence-corrected chi connectivity index (χ3v) is 236. The van der Waals surface area contributed by atoms with Gasteiger partial charge in [0.15, 0.2) is 0 Å². The summed E-state index contributed by atoms with van der Waals surface area (Å²) < 4.78 is 7.27. The number of amides is 2. The normalized spacial score (nSPS) is 25.7. The Morgan fingerprint density at radius 2 is 1.94 bits per heavy atom. The van der Waals surface area contributed by atoms with Crippen molar-refractivity contribution >= 4 is 31.4 Å². The van der Waals surface area contributed by atoms with Gasteiger partial charge in [-0.15, -0.1) is 0 Å². The van der Waals surface area contributed by atoms with Gasteiger partial charge in [-0.05, 0) is 0 Å². The van der Waals surface area contributed by atoms with Crippen molar-refractivity contribution in [3.63, 3.8) is 0 Å². The molecule has 0 aromatic rings. The molecule has 0 aromatic heterocycles. The van der Waals surface area contributed by atoms with Crippen molar-refractivity contribution in [1.29, 1.82) is 0 Å². The van der Waals surface area contributed by atoms with Crippen LogP contribution >= 0.6 is 18.6 Å². The van der Waals surface area contributed by atoms with E-state index in [9.17, 15) is 9.59 Å². The molecule has 0 spiro atoms. The summed E-state index contributed by atoms with van der Waals surface area (Å²) in [6.07, 6.45) is 1.64. The Balaban J connectivity index is 3.19. The first-order valence-electron chi connectivity index (χ1n) is 5.49. The van der Waals surface area contributed by atoms with Crippen LogP contribution in [-0.4, -0.2) is 12.8 Å². The first-order chi connectivity index (χ1) is 8.17. The van der Waals surface area contributed by atoms with E-state index in [1.807, 2.05) is 0 Å². The molecule has 12 heteroatoms. The zero-order valence-corrected chi connectivity index (χ0v) is 21.3. The van der Waals surface area contributed by atoms with Gasteiger partial charge in [0.1, 0.15) is 0 Å². The van der Waals surface area contributed by atoms with Crippen LogP contribution in [0.15, 0.2) is 0 Å². The molecule has 1 aliphatic heterocycles. The number of hydrogen-bond acceptors (Lipinski definition) is 2. The molecule has 0 unspecified atom stereocenters. The summed E-state index contributed by atoms with van der Waals surface area (Å²) in [5.41, 5.74) is 0. The average Bonchev–Trinajstić information content (AvgIpc) is 2.14. The van der Waals surface area contributed by atoms with E-state index in [0.29, 0.717) is 0 Å². The van der Waals surface area contributed by atoms with Crippen molar-refractivity contribution in [2.75, 3.05) is 0 Å². The summed E-state index contributed by atoms with van der Waals surface area (Å²) in [7, 11) is 8.57. The van der Waals surface area contributed by atoms with E-state index in [1.165, 1.54) is 0 Å². The van der Waals surface area contributed by atoms with Crippen molar-refractivity contribution < 1.29 is 75.4 Å². The molecule has 1 fully saturated rings. The fourth-order valence-corrected chi connectivity index (χ4v) is 545. The maximum absolute atomic E-state index is 11.0. The Labute approximate surface area is 133 Å². The van der Waals surface area contributed by atoms with Crippen LogP contribution in [0, 0.1) is 0 Å². The van der Waals surface area contributed by atoms with E-state index >= 15 is 0 Å². The van der Waals surface area contributed by atoms with Crippen LogP contribution in [0.25, 0.3) is 0 Å². The Hall–Kier alpha value is 3.81. The Kier molecular flexibility index (Phi) is 8.36. The number of carbonyl (C=O) groups excluding carboxylic acids is 2. The van der Waals surface area contributed by atoms with Gasteiger partial charge in [0.05, 0.1) is 0 Å². The van der Waals surface area contributed by atoms with Crippen LogP contribution in [0.1, 0.15) is 6.92 Å². The molecule has 0 aliphatic carbocycles. The molecule has 0 bridgehead atoms. The van der Waals surface area contributed by atoms with Crippen LogP contribution in [-0.2, 0) is 75.4 Å². The Bertz CT molecular complexity index is 357. The van der Waals surface area contributed by atoms with Gasteiger partial charge in [-0.2, -0.15) is 0 Å². The van der Waals surface area contributed by atoms with Gasteiger partial charge < -0.3 is 0 Å². The monoisotopic (exact) mass is 505 g/mol. The molecule has 0 atom stereocenters. The van der Waals surface area contributed by atoms with E-state index in [0.717, 1.165) is 17.5 Å². The quantitative estimate of drug-likeness (QED) is 0.443. The summed E-state index contributed by atoms with van der Waals surface area (Å²) in [4.78, 5) is 21.9. The molecule has 0 aromatic carbocycles. The second kappa shape index (κ2) is 7.58. The topological polar surface area (TPSA) is 58.2 Å². The molecule has 1 saturated heterocycles. The second-order valence-electron chi connectivity index (χ2n) is 4.62. The minimum atomic E-state index is -3.67. The van der Waals surface area contributed by atoms with E-state index < -0.39 is 40.4 Å². The first-order valence-corrected chi connectivity index (χ1v) is 39.6. The number of halogens is 2. The number of hydrogen-bond donors (Lipinski definition) is 2. The van der Waals surface area contributed by atoms with Crippen molar-refractivity contribution in [3.05, 3.63) is 0 Å². The standard InChI is InChI=1S/C2H5.2CH3NO.2CH3.2ClH.6Ti/c1-2;2*2-1-3;;;;;;;;;;/h1H2,2H3;2*1H,(H2,2,3);2*1H3;2*1H;;;;;;/q;;;;;;;;;;;+1;+3/p-4. The molecular weight excluding hydrogens is 490 g/mol. The average molecular weight is 505 g/mol. The number of nitrogens with one attached hydrogen (secondary N) is 2. The molecule has 99 valence electrons. The van der Waals surface area contributed by atoms with Gasteiger partial charge >= 0.3 is 137 Å². The van der Waals surface area contributed by atoms with Crippen LogP contribution in [0.5, 0.6) is 0 Å². The zero-order valence-electron chi connectivity index (χ0n) is 10.4. The van der Waals surface area contributed by atoms with Crippen molar-refractivity contribution in [3.8, 4) is 0 Å². The molecule has 0 saturated carbocycles. The van der Waals surface area contributed by atoms with Gasteiger partial charge in [0.2, 0.25) is 0 Å². The fraction of sp³-hybridized carbons (Fsp3) is 0.667. The van der Waals surface area contributed by atoms with E-state index in [1.54, 1.807) is 0 Å². The van der Waals surface area contributed by atoms with Gasteiger partial charge in [0.25, 0.3) is 0 Å². The van der Waals surface area contributed by atoms with Crippen LogP contribution in [0.4, 0.5) is 0 Å². The molecule has 2 N–H and O–H groups in total. The minimum absolute atomic E-state index is 0.0611. The fourth-order valence-electron chi connectivity index (χ4n) is 2.16. The molecule has 2 amide bonds. The predicted molar refractivity (Wildman–Crippen MR) is 52.3 cm³/mol. The van der Waals surface area contributed by atoms with E-state index in [2.05, 4.69) is 25.0 Å². The van der Waals surface area contributed by atoms with Crippen molar-refractivity contribution in [1.82, 2.24) is 7.60 Å². The van der Waals surface area contributed by atoms with E-state index in [4.69, 9.17) is 18.6 Å². The first kappa shape index (κ1) is 19.9. The Morgan fingerprint density at radius 3 is 2.39 bits per heavy atom. The van der Waals surface area contributed by atoms with Gasteiger partial charge in [-0.25, -0.2) is 0 Å². The molecule has 1 heterocycles. The molecule has 0 radical (unpaired) electrons. The molecule has 18 heavy (non-hydrogen) atoms. The SMILES string of the molecule is C[CH2][Ti]1[Ti]([NH]C=O)[Ti][Ti]([CH3])([CH3])[Ti][Ti]1([Cl])([Cl])[NH]C=O. The van der Waals surface area contributed by atoms with Gasteiger partial charge in [-0.1, -0.05) is 0 Å². The van der Waals surface area contributed by atoms with Crippen LogP contribution in [0.2, 0.25) is 15.2 Å². The summed E-state index contributed by atoms with van der Waals surface area (Å²) in [6, 6.07) is 0. The molecule has 1 rings (SSSR count). The number of carbonyl (C=O) groups is 2. The van der Waals surface area contributed by atoms with Crippen LogP contribution in [0.3, 0.4) is 0 Å². The Morgan fingerprint density at radius 1 is 1.33 bits per heavy atom. The van der Waals surface area contributed by atoms with Crippen LogP contribution < -0.4 is 7.60 Å². The third-order valence-electron chi connectivity index (χ3n) is 2.67. The summed E-state index contributed by atoms with van der Waals surface area (Å²) in [5, 5.41) is 4.87. The second-order valence-corrected chi connectivity index (χ2v) is 113. The molecule has 1 aliphatic rings. The van der Waals surface area contributed by atoms with Crippen molar-refractivity contribution in [2.24, 2.45) is 0 Å². The van der Waals surface area contributed by atoms with Gasteiger partial charge in [-0.3, -0.25) is 0 Å². The summed E-state index contributed by atoms with van der Waals surface area (Å²) in [6.45, 7) is 2.17. The zero-order chi connectivity index (χ0) is 14.1. The molecular formula is C6H15Cl2N2O2Ti6. The van der Waals surface area contributed by atoms with E-state index in [-0.39, 0.29) is 25.5 Å². The predicted octanol–water partition coefficient (Wildman–Crippen LogP) is 1.90. The maximum atomic E-state index is 11.0. The summed E-state index contributed by atoms with van der Waals surface area (Å²) >= 11 is -3.42. The van der Waals surface area contributed by atoms with Gasteiger partial charge in [0, 0.05) is 0 Å². The molecule has 4 nitrogen and oxygen atoms in total. The summed E-state index contributed by atoms with van der Waals surface area (Å²) in [5.74, 6) is 0. The third kappa shape index (κ3) is 4.90.